The number of ether oxygens (including phenoxy) is 1. The van der Waals surface area contributed by atoms with Crippen molar-refractivity contribution in [1.29, 1.82) is 0 Å². The first-order valence-corrected chi connectivity index (χ1v) is 12.9. The van der Waals surface area contributed by atoms with Crippen molar-refractivity contribution in [1.82, 2.24) is 5.32 Å². The summed E-state index contributed by atoms with van der Waals surface area (Å²) in [5.74, 6) is 0.887. The van der Waals surface area contributed by atoms with Gasteiger partial charge in [0.15, 0.2) is 5.96 Å². The van der Waals surface area contributed by atoms with Gasteiger partial charge >= 0.3 is 5.97 Å². The number of carbonyl (C=O) groups is 2. The summed E-state index contributed by atoms with van der Waals surface area (Å²) in [5, 5.41) is 3.05. The number of esters is 1. The Morgan fingerprint density at radius 1 is 1.26 bits per heavy atom. The van der Waals surface area contributed by atoms with Crippen LogP contribution in [-0.2, 0) is 14.3 Å². The molecule has 0 unspecified atom stereocenters. The van der Waals surface area contributed by atoms with Crippen molar-refractivity contribution in [3.63, 3.8) is 0 Å². The summed E-state index contributed by atoms with van der Waals surface area (Å²) in [4.78, 5) is 30.2. The predicted octanol–water partition coefficient (Wildman–Crippen LogP) is 3.83. The van der Waals surface area contributed by atoms with Gasteiger partial charge in [-0.3, -0.25) is 9.79 Å². The number of carbonyl (C=O) groups excluding carboxylic acids is 2. The minimum Gasteiger partial charge on any atom is -0.467 e. The second-order valence-corrected chi connectivity index (χ2v) is 11.2. The van der Waals surface area contributed by atoms with Crippen molar-refractivity contribution in [3.8, 4) is 0 Å². The van der Waals surface area contributed by atoms with Crippen molar-refractivity contribution in [2.75, 3.05) is 13.7 Å². The van der Waals surface area contributed by atoms with Crippen LogP contribution >= 0.6 is 0 Å². The highest BCUT2D eigenvalue weighted by atomic mass is 16.5. The third kappa shape index (κ3) is 5.18. The quantitative estimate of drug-likeness (QED) is 0.215. The van der Waals surface area contributed by atoms with Gasteiger partial charge in [-0.1, -0.05) is 51.8 Å². The van der Waals surface area contributed by atoms with Crippen molar-refractivity contribution >= 4 is 17.8 Å². The van der Waals surface area contributed by atoms with E-state index in [4.69, 9.17) is 16.2 Å². The third-order valence-electron chi connectivity index (χ3n) is 8.83. The van der Waals surface area contributed by atoms with Crippen molar-refractivity contribution in [2.45, 2.75) is 85.1 Å². The Kier molecular flexibility index (Phi) is 8.14. The van der Waals surface area contributed by atoms with Crippen LogP contribution in [0.4, 0.5) is 0 Å². The Morgan fingerprint density at radius 2 is 2.00 bits per heavy atom. The average Bonchev–Trinajstić information content (AvgIpc) is 2.79. The monoisotopic (exact) mass is 472 g/mol. The summed E-state index contributed by atoms with van der Waals surface area (Å²) >= 11 is 0. The van der Waals surface area contributed by atoms with Gasteiger partial charge in [0, 0.05) is 6.54 Å². The molecule has 5 atom stereocenters. The van der Waals surface area contributed by atoms with Crippen molar-refractivity contribution in [2.24, 2.45) is 45.0 Å². The molecule has 7 heteroatoms. The Hall–Kier alpha value is -2.31. The maximum atomic E-state index is 13.8. The molecule has 0 aromatic heterocycles. The zero-order valence-electron chi connectivity index (χ0n) is 21.7. The molecule has 3 rings (SSSR count). The summed E-state index contributed by atoms with van der Waals surface area (Å²) in [6, 6.07) is -0.697. The molecule has 0 radical (unpaired) electrons. The topological polar surface area (TPSA) is 120 Å². The Labute approximate surface area is 204 Å². The molecule has 0 heterocycles. The Morgan fingerprint density at radius 3 is 2.65 bits per heavy atom. The van der Waals surface area contributed by atoms with Crippen molar-refractivity contribution in [3.05, 3.63) is 23.3 Å². The van der Waals surface area contributed by atoms with Gasteiger partial charge in [-0.15, -0.1) is 0 Å². The summed E-state index contributed by atoms with van der Waals surface area (Å²) in [5.41, 5.74) is 13.4. The van der Waals surface area contributed by atoms with Crippen LogP contribution in [0.5, 0.6) is 0 Å². The molecular formula is C27H44N4O3. The van der Waals surface area contributed by atoms with E-state index in [9.17, 15) is 9.59 Å². The number of methoxy groups -OCH3 is 1. The van der Waals surface area contributed by atoms with Gasteiger partial charge in [-0.05, 0) is 73.7 Å². The molecule has 34 heavy (non-hydrogen) atoms. The van der Waals surface area contributed by atoms with Crippen molar-refractivity contribution < 1.29 is 14.3 Å². The Bertz CT molecular complexity index is 873. The van der Waals surface area contributed by atoms with Crippen LogP contribution in [0.2, 0.25) is 0 Å². The maximum Gasteiger partial charge on any atom is 0.328 e. The summed E-state index contributed by atoms with van der Waals surface area (Å²) in [6.07, 6.45) is 12.1. The van der Waals surface area contributed by atoms with E-state index in [1.54, 1.807) is 5.57 Å². The van der Waals surface area contributed by atoms with Gasteiger partial charge < -0.3 is 21.5 Å². The smallest absolute Gasteiger partial charge is 0.328 e. The molecule has 1 amide bonds. The van der Waals surface area contributed by atoms with E-state index in [-0.39, 0.29) is 23.2 Å². The number of fused-ring (bicyclic) bond motifs is 3. The lowest BCUT2D eigenvalue weighted by atomic mass is 9.46. The second-order valence-electron chi connectivity index (χ2n) is 11.2. The molecule has 190 valence electrons. The highest BCUT2D eigenvalue weighted by Crippen LogP contribution is 2.62. The van der Waals surface area contributed by atoms with E-state index in [1.165, 1.54) is 12.7 Å². The summed E-state index contributed by atoms with van der Waals surface area (Å²) in [7, 11) is 1.35. The number of hydrogen-bond acceptors (Lipinski definition) is 4. The normalized spacial score (nSPS) is 31.4. The number of aliphatic imine (C=N–C) groups is 1. The van der Waals surface area contributed by atoms with Crippen LogP contribution in [0, 0.1) is 28.6 Å². The molecule has 0 saturated heterocycles. The minimum atomic E-state index is -0.697. The van der Waals surface area contributed by atoms with Gasteiger partial charge in [-0.2, -0.15) is 0 Å². The lowest BCUT2D eigenvalue weighted by molar-refractivity contribution is -0.151. The lowest BCUT2D eigenvalue weighted by Gasteiger charge is -2.57. The van der Waals surface area contributed by atoms with Crippen LogP contribution < -0.4 is 16.8 Å². The fourth-order valence-corrected chi connectivity index (χ4v) is 6.83. The van der Waals surface area contributed by atoms with Gasteiger partial charge in [-0.25, -0.2) is 4.79 Å². The highest BCUT2D eigenvalue weighted by molar-refractivity contribution is 5.88. The molecule has 0 bridgehead atoms. The van der Waals surface area contributed by atoms with Crippen LogP contribution in [-0.4, -0.2) is 37.5 Å². The highest BCUT2D eigenvalue weighted by Gasteiger charge is 2.57. The van der Waals surface area contributed by atoms with Gasteiger partial charge in [0.05, 0.1) is 12.5 Å². The van der Waals surface area contributed by atoms with Gasteiger partial charge in [0.2, 0.25) is 5.91 Å². The molecule has 0 aromatic rings. The maximum absolute atomic E-state index is 13.8. The van der Waals surface area contributed by atoms with E-state index in [1.807, 2.05) is 0 Å². The first-order valence-electron chi connectivity index (χ1n) is 12.9. The van der Waals surface area contributed by atoms with Crippen LogP contribution in [0.3, 0.4) is 0 Å². The van der Waals surface area contributed by atoms with Crippen LogP contribution in [0.1, 0.15) is 79.1 Å². The minimum absolute atomic E-state index is 0.0236. The first-order chi connectivity index (χ1) is 16.0. The molecule has 3 aliphatic carbocycles. The fourth-order valence-electron chi connectivity index (χ4n) is 6.83. The molecule has 3 aliphatic rings. The summed E-state index contributed by atoms with van der Waals surface area (Å²) in [6.45, 7) is 9.47. The van der Waals surface area contributed by atoms with E-state index in [0.717, 1.165) is 38.5 Å². The molecule has 0 aromatic carbocycles. The molecule has 1 saturated carbocycles. The average molecular weight is 473 g/mol. The molecular weight excluding hydrogens is 428 g/mol. The molecule has 1 fully saturated rings. The van der Waals surface area contributed by atoms with E-state index < -0.39 is 17.4 Å². The number of nitrogens with one attached hydrogen (secondary N) is 1. The SMILES string of the molecule is COC(=O)[C@@H](CCCN=C(N)N)NC(=O)[C@]1(C)CCC[C@@]2(C)[C@H]1CC=C1C=C(C(C)C)CC[C@@H]12. The number of nitrogens with zero attached hydrogens (tertiary/aromatic N) is 1. The number of guanidine groups is 1. The fraction of sp³-hybridized carbons (Fsp3) is 0.741. The van der Waals surface area contributed by atoms with E-state index >= 15 is 0 Å². The standard InChI is InChI=1S/C27H44N4O3/c1-17(2)18-9-11-20-19(16-18)10-12-22-26(20,3)13-7-14-27(22,4)24(33)31-21(23(32)34-5)8-6-15-30-25(28)29/h10,16-17,20-22H,6-9,11-15H2,1-5H3,(H,31,33)(H4,28,29,30)/t20-,21+,22+,26+,27+/m0/s1. The molecule has 0 spiro atoms. The van der Waals surface area contributed by atoms with Gasteiger partial charge in [0.1, 0.15) is 6.04 Å². The number of nitrogens with two attached hydrogens (primary N) is 2. The zero-order valence-corrected chi connectivity index (χ0v) is 21.7. The second kappa shape index (κ2) is 10.5. The van der Waals surface area contributed by atoms with Crippen LogP contribution in [0.15, 0.2) is 28.3 Å². The first kappa shape index (κ1) is 26.3. The molecule has 0 aliphatic heterocycles. The molecule has 5 N–H and O–H groups in total. The number of allylic oxidation sites excluding steroid dienone is 4. The number of amides is 1. The lowest BCUT2D eigenvalue weighted by Crippen LogP contribution is -2.57. The predicted molar refractivity (Wildman–Crippen MR) is 136 cm³/mol. The van der Waals surface area contributed by atoms with Gasteiger partial charge in [0.25, 0.3) is 0 Å². The summed E-state index contributed by atoms with van der Waals surface area (Å²) < 4.78 is 4.98. The number of rotatable bonds is 8. The van der Waals surface area contributed by atoms with E-state index in [2.05, 4.69) is 50.2 Å². The molecule has 7 nitrogen and oxygen atoms in total. The zero-order chi connectivity index (χ0) is 25.1. The largest absolute Gasteiger partial charge is 0.467 e. The van der Waals surface area contributed by atoms with Crippen LogP contribution in [0.25, 0.3) is 0 Å². The number of hydrogen-bond donors (Lipinski definition) is 3. The van der Waals surface area contributed by atoms with E-state index in [0.29, 0.717) is 31.2 Å². The third-order valence-corrected chi connectivity index (χ3v) is 8.83. The Balaban J connectivity index is 1.80.